The standard InChI is InChI=1S/C22H26N6O5/c1-11(9-14-10-25-19-17(14)18(23)27-22(24)28-19)8-12-2-4-13(5-3-12)20(31)26-15(21(32)33)6-7-16(29)30/h2-5,10-11,15H,6-9H2,1H3,(H,26,31)(H,29,30)(H,32,33)(H5,23,24,25,27,28)/t11?,15-/m0/s1. The minimum absolute atomic E-state index is 0.113. The number of carbonyl (C=O) groups excluding carboxylic acids is 1. The van der Waals surface area contributed by atoms with E-state index in [0.29, 0.717) is 17.0 Å². The van der Waals surface area contributed by atoms with Crippen LogP contribution in [0.4, 0.5) is 11.8 Å². The van der Waals surface area contributed by atoms with Gasteiger partial charge >= 0.3 is 11.9 Å². The lowest BCUT2D eigenvalue weighted by atomic mass is 9.94. The van der Waals surface area contributed by atoms with E-state index in [4.69, 9.17) is 16.6 Å². The largest absolute Gasteiger partial charge is 0.481 e. The summed E-state index contributed by atoms with van der Waals surface area (Å²) < 4.78 is 0. The molecule has 0 fully saturated rings. The molecule has 0 radical (unpaired) electrons. The predicted octanol–water partition coefficient (Wildman–Crippen LogP) is 1.59. The minimum atomic E-state index is -1.28. The minimum Gasteiger partial charge on any atom is -0.481 e. The highest BCUT2D eigenvalue weighted by atomic mass is 16.4. The lowest BCUT2D eigenvalue weighted by Gasteiger charge is -2.14. The van der Waals surface area contributed by atoms with Crippen LogP contribution in [-0.2, 0) is 22.4 Å². The Kier molecular flexibility index (Phi) is 7.11. The first-order valence-corrected chi connectivity index (χ1v) is 10.4. The SMILES string of the molecule is CC(Cc1ccc(C(=O)N[C@@H](CCC(=O)O)C(=O)O)cc1)Cc1c[nH]c2nc(N)nc(N)c12. The second kappa shape index (κ2) is 9.98. The van der Waals surface area contributed by atoms with Crippen LogP contribution in [0.3, 0.4) is 0 Å². The number of hydrogen-bond acceptors (Lipinski definition) is 7. The fourth-order valence-corrected chi connectivity index (χ4v) is 3.71. The van der Waals surface area contributed by atoms with Crippen LogP contribution in [0.1, 0.15) is 41.3 Å². The van der Waals surface area contributed by atoms with Gasteiger partial charge in [0.15, 0.2) is 0 Å². The molecule has 174 valence electrons. The number of H-pyrrole nitrogens is 1. The van der Waals surface area contributed by atoms with Gasteiger partial charge < -0.3 is 32.0 Å². The van der Waals surface area contributed by atoms with Gasteiger partial charge in [0, 0.05) is 18.2 Å². The molecule has 1 amide bonds. The zero-order valence-electron chi connectivity index (χ0n) is 18.0. The number of anilines is 2. The summed E-state index contributed by atoms with van der Waals surface area (Å²) in [5.41, 5.74) is 14.5. The Morgan fingerprint density at radius 3 is 2.42 bits per heavy atom. The number of nitrogen functional groups attached to an aromatic ring is 2. The van der Waals surface area contributed by atoms with Gasteiger partial charge in [0.25, 0.3) is 5.91 Å². The molecule has 0 aliphatic rings. The maximum absolute atomic E-state index is 12.4. The predicted molar refractivity (Wildman–Crippen MR) is 121 cm³/mol. The molecular formula is C22H26N6O5. The first-order chi connectivity index (χ1) is 15.6. The summed E-state index contributed by atoms with van der Waals surface area (Å²) in [6.45, 7) is 2.09. The van der Waals surface area contributed by atoms with Crippen molar-refractivity contribution in [3.63, 3.8) is 0 Å². The molecule has 3 rings (SSSR count). The number of rotatable bonds is 10. The fourth-order valence-electron chi connectivity index (χ4n) is 3.71. The van der Waals surface area contributed by atoms with Crippen molar-refractivity contribution < 1.29 is 24.6 Å². The van der Waals surface area contributed by atoms with Gasteiger partial charge in [0.05, 0.1) is 5.39 Å². The maximum Gasteiger partial charge on any atom is 0.326 e. The highest BCUT2D eigenvalue weighted by Gasteiger charge is 2.21. The van der Waals surface area contributed by atoms with Gasteiger partial charge in [-0.15, -0.1) is 0 Å². The third kappa shape index (κ3) is 5.97. The lowest BCUT2D eigenvalue weighted by molar-refractivity contribution is -0.140. The van der Waals surface area contributed by atoms with E-state index in [0.717, 1.165) is 29.4 Å². The van der Waals surface area contributed by atoms with Crippen LogP contribution in [0.15, 0.2) is 30.5 Å². The Labute approximate surface area is 189 Å². The fraction of sp³-hybridized carbons (Fsp3) is 0.318. The molecule has 2 heterocycles. The summed E-state index contributed by atoms with van der Waals surface area (Å²) in [5, 5.41) is 21.1. The summed E-state index contributed by atoms with van der Waals surface area (Å²) in [4.78, 5) is 45.6. The Balaban J connectivity index is 1.61. The molecule has 11 nitrogen and oxygen atoms in total. The zero-order valence-corrected chi connectivity index (χ0v) is 18.0. The van der Waals surface area contributed by atoms with E-state index >= 15 is 0 Å². The molecular weight excluding hydrogens is 428 g/mol. The van der Waals surface area contributed by atoms with Crippen LogP contribution in [0.2, 0.25) is 0 Å². The number of aromatic amines is 1. The number of carboxylic acid groups (broad SMARTS) is 2. The Morgan fingerprint density at radius 2 is 1.79 bits per heavy atom. The molecule has 0 spiro atoms. The number of amides is 1. The smallest absolute Gasteiger partial charge is 0.326 e. The van der Waals surface area contributed by atoms with Gasteiger partial charge in [-0.25, -0.2) is 4.79 Å². The van der Waals surface area contributed by atoms with Crippen LogP contribution >= 0.6 is 0 Å². The molecule has 0 saturated heterocycles. The number of carboxylic acids is 2. The Bertz CT molecular complexity index is 1170. The van der Waals surface area contributed by atoms with Crippen LogP contribution < -0.4 is 16.8 Å². The average molecular weight is 454 g/mol. The first-order valence-electron chi connectivity index (χ1n) is 10.4. The lowest BCUT2D eigenvalue weighted by Crippen LogP contribution is -2.41. The van der Waals surface area contributed by atoms with Gasteiger partial charge in [0.2, 0.25) is 5.95 Å². The molecule has 8 N–H and O–H groups in total. The van der Waals surface area contributed by atoms with Gasteiger partial charge in [0.1, 0.15) is 17.5 Å². The molecule has 0 aliphatic heterocycles. The van der Waals surface area contributed by atoms with E-state index in [1.54, 1.807) is 12.1 Å². The van der Waals surface area contributed by atoms with E-state index in [-0.39, 0.29) is 24.7 Å². The number of nitrogens with one attached hydrogen (secondary N) is 2. The van der Waals surface area contributed by atoms with Gasteiger partial charge in [-0.2, -0.15) is 9.97 Å². The van der Waals surface area contributed by atoms with Crippen LogP contribution in [0.25, 0.3) is 11.0 Å². The van der Waals surface area contributed by atoms with Crippen LogP contribution in [0.5, 0.6) is 0 Å². The van der Waals surface area contributed by atoms with Gasteiger partial charge in [-0.05, 0) is 48.4 Å². The summed E-state index contributed by atoms with van der Waals surface area (Å²) >= 11 is 0. The number of fused-ring (bicyclic) bond motifs is 1. The number of benzene rings is 1. The molecule has 1 unspecified atom stereocenters. The monoisotopic (exact) mass is 454 g/mol. The van der Waals surface area contributed by atoms with Crippen molar-refractivity contribution in [2.75, 3.05) is 11.5 Å². The van der Waals surface area contributed by atoms with Crippen molar-refractivity contribution in [3.05, 3.63) is 47.2 Å². The van der Waals surface area contributed by atoms with Crippen molar-refractivity contribution in [1.82, 2.24) is 20.3 Å². The summed E-state index contributed by atoms with van der Waals surface area (Å²) in [6.07, 6.45) is 2.77. The van der Waals surface area contributed by atoms with E-state index < -0.39 is 23.9 Å². The normalized spacial score (nSPS) is 12.9. The Morgan fingerprint density at radius 1 is 1.09 bits per heavy atom. The average Bonchev–Trinajstić information content (AvgIpc) is 3.13. The third-order valence-corrected chi connectivity index (χ3v) is 5.28. The zero-order chi connectivity index (χ0) is 24.1. The summed E-state index contributed by atoms with van der Waals surface area (Å²) in [6, 6.07) is 5.59. The summed E-state index contributed by atoms with van der Waals surface area (Å²) in [7, 11) is 0. The number of nitrogens with zero attached hydrogens (tertiary/aromatic N) is 2. The molecule has 0 aliphatic carbocycles. The van der Waals surface area contributed by atoms with Crippen molar-refractivity contribution >= 4 is 40.6 Å². The number of hydrogen-bond donors (Lipinski definition) is 6. The second-order valence-corrected chi connectivity index (χ2v) is 8.01. The van der Waals surface area contributed by atoms with Gasteiger partial charge in [-0.1, -0.05) is 19.1 Å². The number of carbonyl (C=O) groups is 3. The summed E-state index contributed by atoms with van der Waals surface area (Å²) in [5.74, 6) is -2.28. The molecule has 33 heavy (non-hydrogen) atoms. The van der Waals surface area contributed by atoms with Crippen molar-refractivity contribution in [2.24, 2.45) is 5.92 Å². The molecule has 0 bridgehead atoms. The van der Waals surface area contributed by atoms with Gasteiger partial charge in [-0.3, -0.25) is 9.59 Å². The number of nitrogens with two attached hydrogens (primary N) is 2. The highest BCUT2D eigenvalue weighted by Crippen LogP contribution is 2.26. The molecule has 2 atom stereocenters. The third-order valence-electron chi connectivity index (χ3n) is 5.28. The van der Waals surface area contributed by atoms with E-state index in [1.165, 1.54) is 0 Å². The van der Waals surface area contributed by atoms with Crippen molar-refractivity contribution in [2.45, 2.75) is 38.6 Å². The quantitative estimate of drug-likeness (QED) is 0.263. The molecule has 3 aromatic rings. The van der Waals surface area contributed by atoms with E-state index in [2.05, 4.69) is 27.2 Å². The van der Waals surface area contributed by atoms with Crippen molar-refractivity contribution in [3.8, 4) is 0 Å². The van der Waals surface area contributed by atoms with E-state index in [1.807, 2.05) is 18.3 Å². The van der Waals surface area contributed by atoms with E-state index in [9.17, 15) is 19.5 Å². The van der Waals surface area contributed by atoms with Crippen LogP contribution in [-0.4, -0.2) is 49.1 Å². The molecule has 11 heteroatoms. The molecule has 1 aromatic carbocycles. The Hall–Kier alpha value is -4.15. The molecule has 2 aromatic heterocycles. The maximum atomic E-state index is 12.4. The first kappa shape index (κ1) is 23.5. The topological polar surface area (TPSA) is 197 Å². The van der Waals surface area contributed by atoms with Crippen LogP contribution in [0, 0.1) is 5.92 Å². The second-order valence-electron chi connectivity index (χ2n) is 8.01. The number of aliphatic carboxylic acids is 2. The number of aromatic nitrogens is 3. The van der Waals surface area contributed by atoms with Crippen molar-refractivity contribution in [1.29, 1.82) is 0 Å². The molecule has 0 saturated carbocycles. The highest BCUT2D eigenvalue weighted by molar-refractivity contribution is 5.96.